The van der Waals surface area contributed by atoms with Crippen molar-refractivity contribution in [2.75, 3.05) is 13.1 Å². The molecule has 84 valence electrons. The van der Waals surface area contributed by atoms with Crippen LogP contribution in [0, 0.1) is 0 Å². The van der Waals surface area contributed by atoms with Crippen molar-refractivity contribution in [2.45, 2.75) is 6.10 Å². The highest BCUT2D eigenvalue weighted by Gasteiger charge is 2.29. The molecular weight excluding hydrogens is 208 g/mol. The van der Waals surface area contributed by atoms with Crippen LogP contribution in [-0.2, 0) is 0 Å². The second kappa shape index (κ2) is 3.94. The van der Waals surface area contributed by atoms with E-state index in [0.717, 1.165) is 0 Å². The Hall–Kier alpha value is -1.88. The fourth-order valence-corrected chi connectivity index (χ4v) is 1.58. The van der Waals surface area contributed by atoms with Crippen molar-refractivity contribution >= 4 is 11.8 Å². The number of benzene rings is 1. The lowest BCUT2D eigenvalue weighted by Gasteiger charge is -2.35. The fraction of sp³-hybridized carbons (Fsp3) is 0.273. The summed E-state index contributed by atoms with van der Waals surface area (Å²) in [6, 6.07) is 6.16. The third-order valence-corrected chi connectivity index (χ3v) is 2.57. The van der Waals surface area contributed by atoms with Crippen LogP contribution >= 0.6 is 0 Å². The minimum Gasteiger partial charge on any atom is -0.389 e. The van der Waals surface area contributed by atoms with Crippen LogP contribution in [0.3, 0.4) is 0 Å². The smallest absolute Gasteiger partial charge is 0.254 e. The number of hydrogen-bond acceptors (Lipinski definition) is 3. The van der Waals surface area contributed by atoms with E-state index < -0.39 is 12.0 Å². The van der Waals surface area contributed by atoms with Gasteiger partial charge in [0, 0.05) is 24.2 Å². The maximum absolute atomic E-state index is 11.8. The van der Waals surface area contributed by atoms with Gasteiger partial charge in [-0.15, -0.1) is 0 Å². The molecule has 0 bridgehead atoms. The molecule has 2 rings (SSSR count). The number of primary amides is 1. The van der Waals surface area contributed by atoms with Crippen LogP contribution in [0.1, 0.15) is 20.7 Å². The highest BCUT2D eigenvalue weighted by molar-refractivity contribution is 5.97. The van der Waals surface area contributed by atoms with Gasteiger partial charge in [0.15, 0.2) is 0 Å². The number of carbonyl (C=O) groups is 2. The second-order valence-electron chi connectivity index (χ2n) is 3.81. The van der Waals surface area contributed by atoms with Gasteiger partial charge in [-0.1, -0.05) is 0 Å². The van der Waals surface area contributed by atoms with Crippen molar-refractivity contribution in [2.24, 2.45) is 5.73 Å². The van der Waals surface area contributed by atoms with E-state index in [2.05, 4.69) is 0 Å². The molecule has 0 saturated carbocycles. The molecule has 0 radical (unpaired) electrons. The molecule has 3 N–H and O–H groups in total. The monoisotopic (exact) mass is 220 g/mol. The SMILES string of the molecule is NC(=O)c1ccc(C(=O)N2CC(O)C2)cc1. The molecule has 1 saturated heterocycles. The average Bonchev–Trinajstić information content (AvgIpc) is 2.24. The lowest BCUT2D eigenvalue weighted by molar-refractivity contribution is 0.00589. The number of nitrogens with two attached hydrogens (primary N) is 1. The van der Waals surface area contributed by atoms with Crippen molar-refractivity contribution in [3.05, 3.63) is 35.4 Å². The summed E-state index contributed by atoms with van der Waals surface area (Å²) in [6.45, 7) is 0.743. The van der Waals surface area contributed by atoms with E-state index in [1.54, 1.807) is 17.0 Å². The Bertz CT molecular complexity index is 421. The zero-order valence-corrected chi connectivity index (χ0v) is 8.59. The topological polar surface area (TPSA) is 83.6 Å². The van der Waals surface area contributed by atoms with Crippen molar-refractivity contribution in [1.29, 1.82) is 0 Å². The van der Waals surface area contributed by atoms with Crippen molar-refractivity contribution in [3.8, 4) is 0 Å². The highest BCUT2D eigenvalue weighted by atomic mass is 16.3. The largest absolute Gasteiger partial charge is 0.389 e. The summed E-state index contributed by atoms with van der Waals surface area (Å²) in [6.07, 6.45) is -0.408. The number of amides is 2. The molecule has 0 spiro atoms. The number of likely N-dealkylation sites (tertiary alicyclic amines) is 1. The predicted octanol–water partition coefficient (Wildman–Crippen LogP) is -0.398. The van der Waals surface area contributed by atoms with Gasteiger partial charge >= 0.3 is 0 Å². The van der Waals surface area contributed by atoms with Crippen LogP contribution in [0.2, 0.25) is 0 Å². The summed E-state index contributed by atoms with van der Waals surface area (Å²) in [7, 11) is 0. The first-order valence-electron chi connectivity index (χ1n) is 4.95. The molecule has 2 amide bonds. The number of rotatable bonds is 2. The Balaban J connectivity index is 2.10. The van der Waals surface area contributed by atoms with Gasteiger partial charge in [0.1, 0.15) is 0 Å². The van der Waals surface area contributed by atoms with Gasteiger partial charge in [-0.2, -0.15) is 0 Å². The summed E-state index contributed by atoms with van der Waals surface area (Å²) in [4.78, 5) is 24.1. The molecule has 1 aliphatic rings. The van der Waals surface area contributed by atoms with Gasteiger partial charge in [-0.25, -0.2) is 0 Å². The van der Waals surface area contributed by atoms with E-state index in [1.807, 2.05) is 0 Å². The van der Waals surface area contributed by atoms with Crippen molar-refractivity contribution in [1.82, 2.24) is 4.90 Å². The molecular formula is C11H12N2O3. The number of aliphatic hydroxyl groups excluding tert-OH is 1. The van der Waals surface area contributed by atoms with Gasteiger partial charge in [-0.05, 0) is 24.3 Å². The molecule has 16 heavy (non-hydrogen) atoms. The van der Waals surface area contributed by atoms with Gasteiger partial charge in [0.2, 0.25) is 5.91 Å². The third kappa shape index (κ3) is 1.90. The quantitative estimate of drug-likeness (QED) is 0.711. The number of aliphatic hydroxyl groups is 1. The van der Waals surface area contributed by atoms with Crippen molar-refractivity contribution < 1.29 is 14.7 Å². The number of β-amino-alcohol motifs (C(OH)–C–C–N with tert-alkyl or cyclic N) is 1. The van der Waals surface area contributed by atoms with E-state index >= 15 is 0 Å². The highest BCUT2D eigenvalue weighted by Crippen LogP contribution is 2.13. The van der Waals surface area contributed by atoms with Crippen molar-refractivity contribution in [3.63, 3.8) is 0 Å². The zero-order chi connectivity index (χ0) is 11.7. The molecule has 0 atom stereocenters. The Morgan fingerprint density at radius 1 is 1.19 bits per heavy atom. The molecule has 0 aliphatic carbocycles. The lowest BCUT2D eigenvalue weighted by atomic mass is 10.1. The fourth-order valence-electron chi connectivity index (χ4n) is 1.58. The molecule has 0 unspecified atom stereocenters. The molecule has 5 heteroatoms. The average molecular weight is 220 g/mol. The summed E-state index contributed by atoms with van der Waals surface area (Å²) in [5.41, 5.74) is 5.96. The molecule has 5 nitrogen and oxygen atoms in total. The Labute approximate surface area is 92.5 Å². The van der Waals surface area contributed by atoms with Gasteiger partial charge in [0.25, 0.3) is 5.91 Å². The molecule has 1 aromatic rings. The summed E-state index contributed by atoms with van der Waals surface area (Å²) in [5, 5.41) is 9.08. The van der Waals surface area contributed by atoms with Crippen LogP contribution in [-0.4, -0.2) is 41.0 Å². The normalized spacial score (nSPS) is 15.7. The van der Waals surface area contributed by atoms with Gasteiger partial charge < -0.3 is 15.7 Å². The van der Waals surface area contributed by atoms with Crippen LogP contribution in [0.25, 0.3) is 0 Å². The Morgan fingerprint density at radius 3 is 2.12 bits per heavy atom. The third-order valence-electron chi connectivity index (χ3n) is 2.57. The van der Waals surface area contributed by atoms with E-state index in [9.17, 15) is 9.59 Å². The Kier molecular flexibility index (Phi) is 2.62. The molecule has 1 fully saturated rings. The standard InChI is InChI=1S/C11H12N2O3/c12-10(15)7-1-3-8(4-2-7)11(16)13-5-9(14)6-13/h1-4,9,14H,5-6H2,(H2,12,15). The zero-order valence-electron chi connectivity index (χ0n) is 8.59. The first kappa shape index (κ1) is 10.6. The lowest BCUT2D eigenvalue weighted by Crippen LogP contribution is -2.53. The van der Waals surface area contributed by atoms with E-state index in [0.29, 0.717) is 24.2 Å². The number of nitrogens with zero attached hydrogens (tertiary/aromatic N) is 1. The van der Waals surface area contributed by atoms with Crippen LogP contribution in [0.4, 0.5) is 0 Å². The maximum Gasteiger partial charge on any atom is 0.254 e. The van der Waals surface area contributed by atoms with Crippen LogP contribution in [0.5, 0.6) is 0 Å². The Morgan fingerprint density at radius 2 is 1.69 bits per heavy atom. The first-order valence-corrected chi connectivity index (χ1v) is 4.95. The minimum absolute atomic E-state index is 0.138. The minimum atomic E-state index is -0.515. The van der Waals surface area contributed by atoms with E-state index in [1.165, 1.54) is 12.1 Å². The number of carbonyl (C=O) groups excluding carboxylic acids is 2. The number of hydrogen-bond donors (Lipinski definition) is 2. The van der Waals surface area contributed by atoms with Gasteiger partial charge in [-0.3, -0.25) is 9.59 Å². The first-order chi connectivity index (χ1) is 7.58. The van der Waals surface area contributed by atoms with Crippen LogP contribution < -0.4 is 5.73 Å². The molecule has 1 aliphatic heterocycles. The molecule has 0 aromatic heterocycles. The van der Waals surface area contributed by atoms with Crippen LogP contribution in [0.15, 0.2) is 24.3 Å². The van der Waals surface area contributed by atoms with E-state index in [4.69, 9.17) is 10.8 Å². The molecule has 1 aromatic carbocycles. The summed E-state index contributed by atoms with van der Waals surface area (Å²) < 4.78 is 0. The predicted molar refractivity (Wildman–Crippen MR) is 56.9 cm³/mol. The molecule has 1 heterocycles. The van der Waals surface area contributed by atoms with E-state index in [-0.39, 0.29) is 5.91 Å². The maximum atomic E-state index is 11.8. The second-order valence-corrected chi connectivity index (χ2v) is 3.81. The van der Waals surface area contributed by atoms with Gasteiger partial charge in [0.05, 0.1) is 6.10 Å². The summed E-state index contributed by atoms with van der Waals surface area (Å²) in [5.74, 6) is -0.653. The summed E-state index contributed by atoms with van der Waals surface area (Å²) >= 11 is 0.